The topological polar surface area (TPSA) is 151 Å². The van der Waals surface area contributed by atoms with Crippen LogP contribution in [0.25, 0.3) is 0 Å². The Hall–Kier alpha value is -4.45. The average molecular weight is 512 g/mol. The van der Waals surface area contributed by atoms with Crippen LogP contribution >= 0.6 is 0 Å². The summed E-state index contributed by atoms with van der Waals surface area (Å²) in [6.07, 6.45) is 0.415. The number of amides is 2. The Morgan fingerprint density at radius 2 is 1.64 bits per heavy atom. The zero-order valence-electron chi connectivity index (χ0n) is 18.9. The van der Waals surface area contributed by atoms with Crippen LogP contribution in [0, 0.1) is 17.0 Å². The van der Waals surface area contributed by atoms with Gasteiger partial charge < -0.3 is 13.7 Å². The van der Waals surface area contributed by atoms with Gasteiger partial charge in [-0.2, -0.15) is 8.42 Å². The van der Waals surface area contributed by atoms with Gasteiger partial charge in [0.25, 0.3) is 17.5 Å². The van der Waals surface area contributed by atoms with E-state index in [1.807, 2.05) is 0 Å². The van der Waals surface area contributed by atoms with Gasteiger partial charge in [-0.3, -0.25) is 25.0 Å². The lowest BCUT2D eigenvalue weighted by Crippen LogP contribution is -2.20. The minimum Gasteiger partial charge on any atom is -0.493 e. The molecule has 0 spiro atoms. The van der Waals surface area contributed by atoms with Crippen molar-refractivity contribution in [3.05, 3.63) is 87.5 Å². The number of ether oxygens (including phenoxy) is 2. The number of nitro benzene ring substituents is 1. The Balaban J connectivity index is 1.37. The maximum absolute atomic E-state index is 12.7. The number of imide groups is 1. The molecule has 0 fully saturated rings. The van der Waals surface area contributed by atoms with Crippen molar-refractivity contribution in [2.75, 3.05) is 13.2 Å². The fraction of sp³-hybridized carbons (Fsp3) is 0.167. The van der Waals surface area contributed by atoms with E-state index in [9.17, 15) is 28.1 Å². The molecule has 4 rings (SSSR count). The van der Waals surface area contributed by atoms with Crippen LogP contribution in [-0.4, -0.2) is 38.4 Å². The lowest BCUT2D eigenvalue weighted by atomic mass is 10.1. The number of carbonyl (C=O) groups is 2. The lowest BCUT2D eigenvalue weighted by Gasteiger charge is -2.12. The van der Waals surface area contributed by atoms with E-state index in [0.717, 1.165) is 12.1 Å². The molecule has 1 heterocycles. The Bertz CT molecular complexity index is 1470. The Morgan fingerprint density at radius 3 is 2.42 bits per heavy atom. The molecule has 11 nitrogen and oxygen atoms in total. The van der Waals surface area contributed by atoms with Gasteiger partial charge in [0.05, 0.1) is 29.3 Å². The van der Waals surface area contributed by atoms with Gasteiger partial charge in [0.15, 0.2) is 4.90 Å². The van der Waals surface area contributed by atoms with Crippen LogP contribution in [-0.2, 0) is 10.1 Å². The van der Waals surface area contributed by atoms with Gasteiger partial charge in [-0.25, -0.2) is 0 Å². The second kappa shape index (κ2) is 10.0. The standard InChI is InChI=1S/C24H20N2O9S/c1-15-12-16(14-17(13-15)35-36(31,32)21-9-3-2-7-19(21)26(29)30)33-10-5-11-34-20-8-4-6-18-22(20)24(28)25-23(18)27/h2-4,6-9,12-14H,5,10-11H2,1H3,(H,25,27,28). The number of nitro groups is 1. The van der Waals surface area contributed by atoms with Crippen LogP contribution in [0.5, 0.6) is 17.2 Å². The van der Waals surface area contributed by atoms with Crippen LogP contribution in [0.2, 0.25) is 0 Å². The summed E-state index contributed by atoms with van der Waals surface area (Å²) < 4.78 is 41.8. The fourth-order valence-corrected chi connectivity index (χ4v) is 4.66. The fourth-order valence-electron chi connectivity index (χ4n) is 3.58. The van der Waals surface area contributed by atoms with E-state index in [0.29, 0.717) is 23.5 Å². The summed E-state index contributed by atoms with van der Waals surface area (Å²) in [5.41, 5.74) is 0.514. The highest BCUT2D eigenvalue weighted by Gasteiger charge is 2.30. The van der Waals surface area contributed by atoms with Gasteiger partial charge in [0.2, 0.25) is 0 Å². The monoisotopic (exact) mass is 512 g/mol. The van der Waals surface area contributed by atoms with E-state index < -0.39 is 37.4 Å². The first-order chi connectivity index (χ1) is 17.2. The molecule has 0 saturated heterocycles. The van der Waals surface area contributed by atoms with E-state index in [4.69, 9.17) is 13.7 Å². The largest absolute Gasteiger partial charge is 0.493 e. The van der Waals surface area contributed by atoms with Crippen LogP contribution in [0.4, 0.5) is 5.69 Å². The molecular weight excluding hydrogens is 492 g/mol. The number of nitrogens with zero attached hydrogens (tertiary/aromatic N) is 1. The molecule has 0 bridgehead atoms. The second-order valence-electron chi connectivity index (χ2n) is 7.76. The van der Waals surface area contributed by atoms with Gasteiger partial charge >= 0.3 is 10.1 Å². The summed E-state index contributed by atoms with van der Waals surface area (Å²) >= 11 is 0. The molecule has 3 aromatic rings. The number of benzene rings is 3. The van der Waals surface area contributed by atoms with E-state index in [1.165, 1.54) is 24.3 Å². The third-order valence-electron chi connectivity index (χ3n) is 5.10. The highest BCUT2D eigenvalue weighted by molar-refractivity contribution is 7.87. The molecule has 1 aliphatic heterocycles. The molecule has 0 radical (unpaired) electrons. The molecule has 0 saturated carbocycles. The number of para-hydroxylation sites is 1. The summed E-state index contributed by atoms with van der Waals surface area (Å²) in [6, 6.07) is 14.2. The summed E-state index contributed by atoms with van der Waals surface area (Å²) in [5.74, 6) is -0.416. The van der Waals surface area contributed by atoms with Crippen molar-refractivity contribution < 1.29 is 36.6 Å². The van der Waals surface area contributed by atoms with Crippen molar-refractivity contribution in [3.63, 3.8) is 0 Å². The summed E-state index contributed by atoms with van der Waals surface area (Å²) in [5, 5.41) is 13.4. The molecular formula is C24H20N2O9S. The summed E-state index contributed by atoms with van der Waals surface area (Å²) in [6.45, 7) is 2.10. The molecule has 1 N–H and O–H groups in total. The van der Waals surface area contributed by atoms with Crippen molar-refractivity contribution >= 4 is 27.6 Å². The van der Waals surface area contributed by atoms with Crippen LogP contribution in [0.3, 0.4) is 0 Å². The van der Waals surface area contributed by atoms with E-state index in [-0.39, 0.29) is 30.1 Å². The lowest BCUT2D eigenvalue weighted by molar-refractivity contribution is -0.387. The molecule has 186 valence electrons. The second-order valence-corrected chi connectivity index (χ2v) is 9.27. The zero-order valence-corrected chi connectivity index (χ0v) is 19.7. The van der Waals surface area contributed by atoms with E-state index in [2.05, 4.69) is 5.32 Å². The molecule has 36 heavy (non-hydrogen) atoms. The molecule has 0 aliphatic carbocycles. The number of aryl methyl sites for hydroxylation is 1. The number of nitrogens with one attached hydrogen (secondary N) is 1. The molecule has 0 aromatic heterocycles. The third-order valence-corrected chi connectivity index (χ3v) is 6.40. The van der Waals surface area contributed by atoms with Gasteiger partial charge in [0, 0.05) is 18.6 Å². The minimum atomic E-state index is -4.47. The summed E-state index contributed by atoms with van der Waals surface area (Å²) in [7, 11) is -4.47. The highest BCUT2D eigenvalue weighted by Crippen LogP contribution is 2.30. The Labute approximate surface area is 205 Å². The molecule has 0 unspecified atom stereocenters. The maximum atomic E-state index is 12.7. The zero-order chi connectivity index (χ0) is 25.9. The first-order valence-corrected chi connectivity index (χ1v) is 12.1. The maximum Gasteiger partial charge on any atom is 0.346 e. The third kappa shape index (κ3) is 5.28. The molecule has 2 amide bonds. The average Bonchev–Trinajstić information content (AvgIpc) is 3.12. The number of carbonyl (C=O) groups excluding carboxylic acids is 2. The molecule has 0 atom stereocenters. The van der Waals surface area contributed by atoms with Gasteiger partial charge in [-0.15, -0.1) is 0 Å². The van der Waals surface area contributed by atoms with Gasteiger partial charge in [0.1, 0.15) is 17.2 Å². The van der Waals surface area contributed by atoms with Crippen molar-refractivity contribution in [2.45, 2.75) is 18.2 Å². The number of fused-ring (bicyclic) bond motifs is 1. The van der Waals surface area contributed by atoms with Gasteiger partial charge in [-0.1, -0.05) is 18.2 Å². The number of hydrogen-bond acceptors (Lipinski definition) is 9. The highest BCUT2D eigenvalue weighted by atomic mass is 32.2. The van der Waals surface area contributed by atoms with E-state index >= 15 is 0 Å². The minimum absolute atomic E-state index is 0.0603. The van der Waals surface area contributed by atoms with Crippen LogP contribution in [0.15, 0.2) is 65.6 Å². The van der Waals surface area contributed by atoms with Gasteiger partial charge in [-0.05, 0) is 42.8 Å². The van der Waals surface area contributed by atoms with Crippen molar-refractivity contribution in [2.24, 2.45) is 0 Å². The number of rotatable bonds is 10. The number of hydrogen-bond donors (Lipinski definition) is 1. The van der Waals surface area contributed by atoms with Crippen molar-refractivity contribution in [1.82, 2.24) is 5.32 Å². The summed E-state index contributed by atoms with van der Waals surface area (Å²) in [4.78, 5) is 33.5. The Kier molecular flexibility index (Phi) is 6.88. The smallest absolute Gasteiger partial charge is 0.346 e. The van der Waals surface area contributed by atoms with E-state index in [1.54, 1.807) is 31.2 Å². The van der Waals surface area contributed by atoms with Crippen LogP contribution in [0.1, 0.15) is 32.7 Å². The predicted molar refractivity (Wildman–Crippen MR) is 126 cm³/mol. The first-order valence-electron chi connectivity index (χ1n) is 10.7. The van der Waals surface area contributed by atoms with Crippen molar-refractivity contribution in [1.29, 1.82) is 0 Å². The quantitative estimate of drug-likeness (QED) is 0.142. The SMILES string of the molecule is Cc1cc(OCCCOc2cccc3c2C(=O)NC3=O)cc(OS(=O)(=O)c2ccccc2[N+](=O)[O-])c1. The molecule has 1 aliphatic rings. The normalized spacial score (nSPS) is 12.6. The Morgan fingerprint density at radius 1 is 0.917 bits per heavy atom. The predicted octanol–water partition coefficient (Wildman–Crippen LogP) is 3.40. The molecule has 12 heteroatoms. The first kappa shape index (κ1) is 24.7. The van der Waals surface area contributed by atoms with Crippen LogP contribution < -0.4 is 19.0 Å². The van der Waals surface area contributed by atoms with Crippen molar-refractivity contribution in [3.8, 4) is 17.2 Å². The molecule has 3 aromatic carbocycles.